The second-order valence-corrected chi connectivity index (χ2v) is 4.80. The molecule has 2 rings (SSSR count). The maximum Gasteiger partial charge on any atom is 0.335 e. The molecule has 0 unspecified atom stereocenters. The molecule has 102 valence electrons. The summed E-state index contributed by atoms with van der Waals surface area (Å²) in [6, 6.07) is 14.2. The van der Waals surface area contributed by atoms with Gasteiger partial charge < -0.3 is 5.11 Å². The van der Waals surface area contributed by atoms with Crippen molar-refractivity contribution in [3.05, 3.63) is 59.7 Å². The predicted molar refractivity (Wildman–Crippen MR) is 78.1 cm³/mol. The van der Waals surface area contributed by atoms with Gasteiger partial charge in [0.05, 0.1) is 16.9 Å². The lowest BCUT2D eigenvalue weighted by Crippen LogP contribution is -1.93. The Labute approximate surface area is 117 Å². The van der Waals surface area contributed by atoms with E-state index in [0.717, 1.165) is 5.69 Å². The summed E-state index contributed by atoms with van der Waals surface area (Å²) >= 11 is 0. The number of carboxylic acid groups (broad SMARTS) is 1. The molecule has 0 aromatic heterocycles. The first-order valence-corrected chi connectivity index (χ1v) is 6.41. The summed E-state index contributed by atoms with van der Waals surface area (Å²) in [4.78, 5) is 10.7. The largest absolute Gasteiger partial charge is 0.478 e. The molecule has 0 radical (unpaired) electrons. The quantitative estimate of drug-likeness (QED) is 0.799. The van der Waals surface area contributed by atoms with Gasteiger partial charge in [-0.3, -0.25) is 0 Å². The molecule has 0 aliphatic rings. The lowest BCUT2D eigenvalue weighted by molar-refractivity contribution is 0.0697. The van der Waals surface area contributed by atoms with Crippen LogP contribution in [0.3, 0.4) is 0 Å². The summed E-state index contributed by atoms with van der Waals surface area (Å²) in [6.07, 6.45) is 0. The molecule has 2 aromatic rings. The average molecular weight is 268 g/mol. The fourth-order valence-corrected chi connectivity index (χ4v) is 1.71. The van der Waals surface area contributed by atoms with Gasteiger partial charge in [-0.1, -0.05) is 26.0 Å². The minimum Gasteiger partial charge on any atom is -0.478 e. The standard InChI is InChI=1S/C16H16N2O2/c1-11(2)12-3-7-14(8-4-12)17-18-15-9-5-13(6-10-15)16(19)20/h3-11H,1-2H3,(H,19,20). The van der Waals surface area contributed by atoms with E-state index in [1.165, 1.54) is 17.7 Å². The first-order valence-electron chi connectivity index (χ1n) is 6.41. The van der Waals surface area contributed by atoms with Crippen LogP contribution in [0.15, 0.2) is 58.8 Å². The predicted octanol–water partition coefficient (Wildman–Crippen LogP) is 4.92. The molecule has 0 fully saturated rings. The van der Waals surface area contributed by atoms with E-state index < -0.39 is 5.97 Å². The van der Waals surface area contributed by atoms with Crippen LogP contribution in [0.2, 0.25) is 0 Å². The van der Waals surface area contributed by atoms with Gasteiger partial charge in [-0.05, 0) is 47.9 Å². The average Bonchev–Trinajstić information content (AvgIpc) is 2.46. The number of azo groups is 1. The van der Waals surface area contributed by atoms with Crippen LogP contribution in [-0.2, 0) is 0 Å². The molecule has 4 heteroatoms. The summed E-state index contributed by atoms with van der Waals surface area (Å²) in [6.45, 7) is 4.28. The summed E-state index contributed by atoms with van der Waals surface area (Å²) in [5.74, 6) is -0.456. The number of carboxylic acids is 1. The van der Waals surface area contributed by atoms with Gasteiger partial charge in [-0.15, -0.1) is 0 Å². The molecule has 0 aliphatic carbocycles. The third-order valence-electron chi connectivity index (χ3n) is 2.95. The summed E-state index contributed by atoms with van der Waals surface area (Å²) in [5.41, 5.74) is 2.90. The van der Waals surface area contributed by atoms with Crippen LogP contribution in [0.4, 0.5) is 11.4 Å². The van der Waals surface area contributed by atoms with E-state index >= 15 is 0 Å². The summed E-state index contributed by atoms with van der Waals surface area (Å²) in [5, 5.41) is 17.0. The van der Waals surface area contributed by atoms with Crippen molar-refractivity contribution < 1.29 is 9.90 Å². The number of hydrogen-bond acceptors (Lipinski definition) is 3. The summed E-state index contributed by atoms with van der Waals surface area (Å²) in [7, 11) is 0. The van der Waals surface area contributed by atoms with Gasteiger partial charge in [0, 0.05) is 0 Å². The first kappa shape index (κ1) is 13.9. The van der Waals surface area contributed by atoms with Crippen LogP contribution < -0.4 is 0 Å². The second-order valence-electron chi connectivity index (χ2n) is 4.80. The number of hydrogen-bond donors (Lipinski definition) is 1. The van der Waals surface area contributed by atoms with Crippen molar-refractivity contribution in [3.63, 3.8) is 0 Å². The van der Waals surface area contributed by atoms with E-state index in [9.17, 15) is 4.79 Å². The monoisotopic (exact) mass is 268 g/mol. The third kappa shape index (κ3) is 3.51. The van der Waals surface area contributed by atoms with Crippen LogP contribution in [-0.4, -0.2) is 11.1 Å². The third-order valence-corrected chi connectivity index (χ3v) is 2.95. The Morgan fingerprint density at radius 2 is 1.35 bits per heavy atom. The molecular weight excluding hydrogens is 252 g/mol. The van der Waals surface area contributed by atoms with E-state index in [2.05, 4.69) is 24.1 Å². The molecule has 0 heterocycles. The van der Waals surface area contributed by atoms with E-state index in [-0.39, 0.29) is 5.56 Å². The van der Waals surface area contributed by atoms with Gasteiger partial charge in [0.1, 0.15) is 0 Å². The van der Waals surface area contributed by atoms with Crippen molar-refractivity contribution in [1.82, 2.24) is 0 Å². The molecule has 20 heavy (non-hydrogen) atoms. The van der Waals surface area contributed by atoms with Gasteiger partial charge >= 0.3 is 5.97 Å². The lowest BCUT2D eigenvalue weighted by atomic mass is 10.0. The maximum absolute atomic E-state index is 10.7. The van der Waals surface area contributed by atoms with E-state index in [1.807, 2.05) is 24.3 Å². The molecule has 0 atom stereocenters. The maximum atomic E-state index is 10.7. The molecule has 0 saturated heterocycles. The molecule has 2 aromatic carbocycles. The number of carbonyl (C=O) groups is 1. The molecular formula is C16H16N2O2. The zero-order valence-corrected chi connectivity index (χ0v) is 11.4. The van der Waals surface area contributed by atoms with Crippen molar-refractivity contribution in [1.29, 1.82) is 0 Å². The Kier molecular flexibility index (Phi) is 4.25. The van der Waals surface area contributed by atoms with E-state index in [1.54, 1.807) is 12.1 Å². The molecule has 0 bridgehead atoms. The molecule has 0 spiro atoms. The van der Waals surface area contributed by atoms with Gasteiger partial charge in [0.2, 0.25) is 0 Å². The highest BCUT2D eigenvalue weighted by Gasteiger charge is 2.01. The first-order chi connectivity index (χ1) is 9.56. The molecule has 0 amide bonds. The molecule has 0 aliphatic heterocycles. The van der Waals surface area contributed by atoms with Gasteiger partial charge in [-0.25, -0.2) is 4.79 Å². The van der Waals surface area contributed by atoms with Crippen molar-refractivity contribution >= 4 is 17.3 Å². The number of rotatable bonds is 4. The number of benzene rings is 2. The second kappa shape index (κ2) is 6.10. The molecule has 0 saturated carbocycles. The fraction of sp³-hybridized carbons (Fsp3) is 0.188. The SMILES string of the molecule is CC(C)c1ccc(N=Nc2ccc(C(=O)O)cc2)cc1. The minimum absolute atomic E-state index is 0.241. The van der Waals surface area contributed by atoms with E-state index in [0.29, 0.717) is 11.6 Å². The van der Waals surface area contributed by atoms with Crippen molar-refractivity contribution in [2.75, 3.05) is 0 Å². The van der Waals surface area contributed by atoms with Gasteiger partial charge in [-0.2, -0.15) is 10.2 Å². The number of nitrogens with zero attached hydrogens (tertiary/aromatic N) is 2. The van der Waals surface area contributed by atoms with Crippen LogP contribution >= 0.6 is 0 Å². The number of aromatic carboxylic acids is 1. The van der Waals surface area contributed by atoms with Crippen molar-refractivity contribution in [2.45, 2.75) is 19.8 Å². The Bertz CT molecular complexity index is 614. The van der Waals surface area contributed by atoms with Crippen LogP contribution in [0.5, 0.6) is 0 Å². The van der Waals surface area contributed by atoms with Crippen molar-refractivity contribution in [3.8, 4) is 0 Å². The van der Waals surface area contributed by atoms with E-state index in [4.69, 9.17) is 5.11 Å². The van der Waals surface area contributed by atoms with Gasteiger partial charge in [0.15, 0.2) is 0 Å². The zero-order valence-electron chi connectivity index (χ0n) is 11.4. The normalized spacial score (nSPS) is 11.2. The van der Waals surface area contributed by atoms with Crippen molar-refractivity contribution in [2.24, 2.45) is 10.2 Å². The highest BCUT2D eigenvalue weighted by atomic mass is 16.4. The lowest BCUT2D eigenvalue weighted by Gasteiger charge is -2.03. The molecule has 1 N–H and O–H groups in total. The molecule has 4 nitrogen and oxygen atoms in total. The highest BCUT2D eigenvalue weighted by Crippen LogP contribution is 2.21. The Morgan fingerprint density at radius 1 is 0.900 bits per heavy atom. The van der Waals surface area contributed by atoms with Crippen LogP contribution in [0, 0.1) is 0 Å². The Morgan fingerprint density at radius 3 is 1.75 bits per heavy atom. The fourth-order valence-electron chi connectivity index (χ4n) is 1.71. The van der Waals surface area contributed by atoms with Gasteiger partial charge in [0.25, 0.3) is 0 Å². The zero-order chi connectivity index (χ0) is 14.5. The summed E-state index contributed by atoms with van der Waals surface area (Å²) < 4.78 is 0. The minimum atomic E-state index is -0.947. The van der Waals surface area contributed by atoms with Crippen LogP contribution in [0.1, 0.15) is 35.7 Å². The van der Waals surface area contributed by atoms with Crippen LogP contribution in [0.25, 0.3) is 0 Å². The Hall–Kier alpha value is -2.49. The smallest absolute Gasteiger partial charge is 0.335 e. The Balaban J connectivity index is 2.10. The topological polar surface area (TPSA) is 62.0 Å². The highest BCUT2D eigenvalue weighted by molar-refractivity contribution is 5.87.